The molecule has 0 saturated heterocycles. The van der Waals surface area contributed by atoms with Gasteiger partial charge in [-0.1, -0.05) is 19.9 Å². The van der Waals surface area contributed by atoms with Crippen LogP contribution in [-0.2, 0) is 6.42 Å². The van der Waals surface area contributed by atoms with E-state index in [-0.39, 0.29) is 11.3 Å². The molecule has 1 aromatic rings. The minimum atomic E-state index is -0.0991. The lowest BCUT2D eigenvalue weighted by Crippen LogP contribution is -2.24. The molecule has 1 saturated carbocycles. The summed E-state index contributed by atoms with van der Waals surface area (Å²) in [6, 6.07) is 3.95. The van der Waals surface area contributed by atoms with Crippen molar-refractivity contribution in [3.8, 4) is 11.5 Å². The highest BCUT2D eigenvalue weighted by Crippen LogP contribution is 2.41. The highest BCUT2D eigenvalue weighted by atomic mass is 16.5. The summed E-state index contributed by atoms with van der Waals surface area (Å²) in [7, 11) is 1.58. The minimum absolute atomic E-state index is 0.0991. The fraction of sp³-hybridized carbons (Fsp3) is 0.571. The molecule has 3 N–H and O–H groups in total. The van der Waals surface area contributed by atoms with Gasteiger partial charge in [-0.05, 0) is 42.4 Å². The van der Waals surface area contributed by atoms with Crippen LogP contribution in [0.5, 0.6) is 11.5 Å². The quantitative estimate of drug-likeness (QED) is 0.843. The lowest BCUT2D eigenvalue weighted by molar-refractivity contribution is 0.368. The highest BCUT2D eigenvalue weighted by Gasteiger charge is 2.39. The number of benzene rings is 1. The molecule has 0 radical (unpaired) electrons. The molecule has 1 aliphatic rings. The number of nitrogens with two attached hydrogens (primary N) is 1. The third-order valence-corrected chi connectivity index (χ3v) is 3.50. The molecule has 1 fully saturated rings. The van der Waals surface area contributed by atoms with E-state index in [4.69, 9.17) is 10.5 Å². The maximum absolute atomic E-state index is 10.1. The first-order valence-corrected chi connectivity index (χ1v) is 6.14. The average molecular weight is 235 g/mol. The maximum atomic E-state index is 10.1. The zero-order valence-electron chi connectivity index (χ0n) is 10.8. The number of methoxy groups -OCH3 is 1. The van der Waals surface area contributed by atoms with E-state index in [0.29, 0.717) is 11.7 Å². The molecule has 0 atom stereocenters. The molecule has 0 unspecified atom stereocenters. The lowest BCUT2D eigenvalue weighted by Gasteiger charge is -2.16. The normalized spacial score (nSPS) is 17.2. The number of ether oxygens (including phenoxy) is 1. The van der Waals surface area contributed by atoms with Gasteiger partial charge in [-0.3, -0.25) is 0 Å². The molecule has 1 aliphatic carbocycles. The van der Waals surface area contributed by atoms with Crippen LogP contribution in [-0.4, -0.2) is 17.8 Å². The summed E-state index contributed by atoms with van der Waals surface area (Å²) in [6.45, 7) is 4.26. The Hall–Kier alpha value is -1.22. The summed E-state index contributed by atoms with van der Waals surface area (Å²) in [5.41, 5.74) is 8.10. The monoisotopic (exact) mass is 235 g/mol. The van der Waals surface area contributed by atoms with E-state index in [1.807, 2.05) is 6.07 Å². The number of hydrogen-bond acceptors (Lipinski definition) is 3. The summed E-state index contributed by atoms with van der Waals surface area (Å²) in [4.78, 5) is 0. The smallest absolute Gasteiger partial charge is 0.161 e. The number of hydrogen-bond donors (Lipinski definition) is 2. The van der Waals surface area contributed by atoms with Crippen molar-refractivity contribution in [1.29, 1.82) is 0 Å². The van der Waals surface area contributed by atoms with Crippen molar-refractivity contribution in [2.45, 2.75) is 44.6 Å². The molecule has 0 aliphatic heterocycles. The topological polar surface area (TPSA) is 55.5 Å². The van der Waals surface area contributed by atoms with Crippen molar-refractivity contribution in [3.05, 3.63) is 23.3 Å². The first kappa shape index (κ1) is 12.2. The number of rotatable bonds is 4. The Morgan fingerprint density at radius 3 is 2.53 bits per heavy atom. The van der Waals surface area contributed by atoms with Gasteiger partial charge in [0.25, 0.3) is 0 Å². The third-order valence-electron chi connectivity index (χ3n) is 3.50. The van der Waals surface area contributed by atoms with Gasteiger partial charge in [-0.15, -0.1) is 0 Å². The van der Waals surface area contributed by atoms with E-state index in [0.717, 1.165) is 24.8 Å². The van der Waals surface area contributed by atoms with E-state index in [9.17, 15) is 5.11 Å². The zero-order valence-corrected chi connectivity index (χ0v) is 10.8. The molecule has 2 rings (SSSR count). The molecular formula is C14H21NO2. The molecular weight excluding hydrogens is 214 g/mol. The van der Waals surface area contributed by atoms with Crippen LogP contribution in [0.2, 0.25) is 0 Å². The molecule has 0 aromatic heterocycles. The predicted octanol–water partition coefficient (Wildman–Crippen LogP) is 2.56. The fourth-order valence-electron chi connectivity index (χ4n) is 2.03. The van der Waals surface area contributed by atoms with Crippen LogP contribution in [0.3, 0.4) is 0 Å². The Labute approximate surface area is 103 Å². The summed E-state index contributed by atoms with van der Waals surface area (Å²) < 4.78 is 5.22. The second-order valence-corrected chi connectivity index (χ2v) is 5.42. The first-order valence-electron chi connectivity index (χ1n) is 6.14. The van der Waals surface area contributed by atoms with E-state index in [1.165, 1.54) is 5.56 Å². The number of phenolic OH excluding ortho intramolecular Hbond substituents is 1. The lowest BCUT2D eigenvalue weighted by atomic mass is 9.95. The van der Waals surface area contributed by atoms with Gasteiger partial charge in [0.2, 0.25) is 0 Å². The summed E-state index contributed by atoms with van der Waals surface area (Å²) in [6.07, 6.45) is 2.82. The molecule has 0 spiro atoms. The Balaban J connectivity index is 2.37. The minimum Gasteiger partial charge on any atom is -0.504 e. The van der Waals surface area contributed by atoms with Gasteiger partial charge in [-0.25, -0.2) is 0 Å². The second-order valence-electron chi connectivity index (χ2n) is 5.42. The molecule has 1 aromatic carbocycles. The molecule has 3 heteroatoms. The van der Waals surface area contributed by atoms with Crippen molar-refractivity contribution in [2.24, 2.45) is 5.73 Å². The average Bonchev–Trinajstić information content (AvgIpc) is 2.99. The van der Waals surface area contributed by atoms with E-state index in [1.54, 1.807) is 7.11 Å². The van der Waals surface area contributed by atoms with Crippen LogP contribution in [0.25, 0.3) is 0 Å². The summed E-state index contributed by atoms with van der Waals surface area (Å²) in [5.74, 6) is 1.21. The van der Waals surface area contributed by atoms with Gasteiger partial charge >= 0.3 is 0 Å². The molecule has 0 amide bonds. The Kier molecular flexibility index (Phi) is 3.04. The van der Waals surface area contributed by atoms with Crippen molar-refractivity contribution in [3.63, 3.8) is 0 Å². The maximum Gasteiger partial charge on any atom is 0.161 e. The van der Waals surface area contributed by atoms with Crippen LogP contribution in [0, 0.1) is 0 Å². The molecule has 0 heterocycles. The molecule has 3 nitrogen and oxygen atoms in total. The molecule has 17 heavy (non-hydrogen) atoms. The summed E-state index contributed by atoms with van der Waals surface area (Å²) in [5, 5.41) is 10.1. The van der Waals surface area contributed by atoms with Gasteiger partial charge in [-0.2, -0.15) is 0 Å². The number of aromatic hydroxyl groups is 1. The van der Waals surface area contributed by atoms with Crippen LogP contribution in [0.4, 0.5) is 0 Å². The van der Waals surface area contributed by atoms with Gasteiger partial charge in [0.1, 0.15) is 0 Å². The molecule has 0 bridgehead atoms. The van der Waals surface area contributed by atoms with Crippen molar-refractivity contribution < 1.29 is 9.84 Å². The van der Waals surface area contributed by atoms with E-state index in [2.05, 4.69) is 19.9 Å². The Bertz CT molecular complexity index is 422. The SMILES string of the molecule is COc1cc(C(C)C)cc(CC2(N)CC2)c1O. The standard InChI is InChI=1S/C14H21NO2/c1-9(2)10-6-11(8-14(15)4-5-14)13(16)12(7-10)17-3/h6-7,9,16H,4-5,8,15H2,1-3H3. The van der Waals surface area contributed by atoms with Crippen molar-refractivity contribution >= 4 is 0 Å². The van der Waals surface area contributed by atoms with Gasteiger partial charge < -0.3 is 15.6 Å². The largest absolute Gasteiger partial charge is 0.504 e. The predicted molar refractivity (Wildman–Crippen MR) is 68.6 cm³/mol. The van der Waals surface area contributed by atoms with Crippen LogP contribution in [0.1, 0.15) is 43.7 Å². The van der Waals surface area contributed by atoms with Crippen LogP contribution >= 0.6 is 0 Å². The molecule has 94 valence electrons. The zero-order chi connectivity index (χ0) is 12.6. The second kappa shape index (κ2) is 4.22. The first-order chi connectivity index (χ1) is 7.95. The summed E-state index contributed by atoms with van der Waals surface area (Å²) >= 11 is 0. The Morgan fingerprint density at radius 2 is 2.06 bits per heavy atom. The van der Waals surface area contributed by atoms with E-state index < -0.39 is 0 Å². The van der Waals surface area contributed by atoms with Crippen LogP contribution in [0.15, 0.2) is 12.1 Å². The third kappa shape index (κ3) is 2.55. The highest BCUT2D eigenvalue weighted by molar-refractivity contribution is 5.50. The van der Waals surface area contributed by atoms with Crippen LogP contribution < -0.4 is 10.5 Å². The van der Waals surface area contributed by atoms with Crippen molar-refractivity contribution in [1.82, 2.24) is 0 Å². The van der Waals surface area contributed by atoms with Crippen molar-refractivity contribution in [2.75, 3.05) is 7.11 Å². The van der Waals surface area contributed by atoms with E-state index >= 15 is 0 Å². The van der Waals surface area contributed by atoms with Gasteiger partial charge in [0.15, 0.2) is 11.5 Å². The number of phenols is 1. The van der Waals surface area contributed by atoms with Gasteiger partial charge in [0, 0.05) is 5.54 Å². The van der Waals surface area contributed by atoms with Gasteiger partial charge in [0.05, 0.1) is 7.11 Å². The fourth-order valence-corrected chi connectivity index (χ4v) is 2.03. The Morgan fingerprint density at radius 1 is 1.41 bits per heavy atom.